The molecule has 0 saturated heterocycles. The van der Waals surface area contributed by atoms with Gasteiger partial charge in [-0.2, -0.15) is 0 Å². The molecule has 0 atom stereocenters. The SMILES string of the molecule is CC(C)C(=O)c1ccc(C(F)F)cc1F. The van der Waals surface area contributed by atoms with Gasteiger partial charge >= 0.3 is 0 Å². The quantitative estimate of drug-likeness (QED) is 0.705. The third-order valence-corrected chi connectivity index (χ3v) is 2.03. The van der Waals surface area contributed by atoms with Gasteiger partial charge in [0, 0.05) is 11.5 Å². The number of Topliss-reactive ketones (excluding diaryl/α,β-unsaturated/α-hetero) is 1. The van der Waals surface area contributed by atoms with E-state index in [1.807, 2.05) is 0 Å². The molecular weight excluding hydrogens is 205 g/mol. The zero-order valence-electron chi connectivity index (χ0n) is 8.43. The van der Waals surface area contributed by atoms with Gasteiger partial charge in [-0.1, -0.05) is 19.9 Å². The summed E-state index contributed by atoms with van der Waals surface area (Å²) < 4.78 is 37.6. The lowest BCUT2D eigenvalue weighted by Crippen LogP contribution is -2.10. The highest BCUT2D eigenvalue weighted by Gasteiger charge is 2.17. The van der Waals surface area contributed by atoms with E-state index >= 15 is 0 Å². The molecule has 0 fully saturated rings. The van der Waals surface area contributed by atoms with Gasteiger partial charge in [0.15, 0.2) is 5.78 Å². The van der Waals surface area contributed by atoms with E-state index in [0.717, 1.165) is 12.1 Å². The molecule has 0 spiro atoms. The normalized spacial score (nSPS) is 11.1. The highest BCUT2D eigenvalue weighted by atomic mass is 19.3. The number of benzene rings is 1. The molecule has 0 heterocycles. The van der Waals surface area contributed by atoms with Crippen LogP contribution in [0.1, 0.15) is 36.2 Å². The molecule has 1 aromatic rings. The smallest absolute Gasteiger partial charge is 0.263 e. The molecule has 0 aliphatic rings. The number of rotatable bonds is 3. The summed E-state index contributed by atoms with van der Waals surface area (Å²) in [5.41, 5.74) is -0.540. The molecule has 0 N–H and O–H groups in total. The monoisotopic (exact) mass is 216 g/mol. The summed E-state index contributed by atoms with van der Waals surface area (Å²) in [4.78, 5) is 11.4. The van der Waals surface area contributed by atoms with Crippen molar-refractivity contribution in [3.8, 4) is 0 Å². The fourth-order valence-electron chi connectivity index (χ4n) is 1.18. The van der Waals surface area contributed by atoms with Crippen LogP contribution < -0.4 is 0 Å². The third-order valence-electron chi connectivity index (χ3n) is 2.03. The van der Waals surface area contributed by atoms with E-state index in [9.17, 15) is 18.0 Å². The topological polar surface area (TPSA) is 17.1 Å². The standard InChI is InChI=1S/C11H11F3O/c1-6(2)10(15)8-4-3-7(11(13)14)5-9(8)12/h3-6,11H,1-2H3. The maximum absolute atomic E-state index is 13.3. The summed E-state index contributed by atoms with van der Waals surface area (Å²) in [6.07, 6.45) is -2.72. The van der Waals surface area contributed by atoms with Gasteiger partial charge in [0.2, 0.25) is 0 Å². The minimum atomic E-state index is -2.72. The van der Waals surface area contributed by atoms with Gasteiger partial charge in [0.25, 0.3) is 6.43 Å². The minimum absolute atomic E-state index is 0.130. The fraction of sp³-hybridized carbons (Fsp3) is 0.364. The average Bonchev–Trinajstić information content (AvgIpc) is 2.16. The fourth-order valence-corrected chi connectivity index (χ4v) is 1.18. The lowest BCUT2D eigenvalue weighted by Gasteiger charge is -2.07. The molecule has 4 heteroatoms. The first-order valence-electron chi connectivity index (χ1n) is 4.55. The highest BCUT2D eigenvalue weighted by molar-refractivity contribution is 5.97. The Kier molecular flexibility index (Phi) is 3.50. The van der Waals surface area contributed by atoms with Gasteiger partial charge < -0.3 is 0 Å². The zero-order chi connectivity index (χ0) is 11.6. The Labute approximate surface area is 85.9 Å². The van der Waals surface area contributed by atoms with Crippen molar-refractivity contribution >= 4 is 5.78 Å². The Balaban J connectivity index is 3.08. The molecule has 0 amide bonds. The molecule has 1 nitrogen and oxygen atoms in total. The maximum atomic E-state index is 13.3. The molecule has 0 aromatic heterocycles. The van der Waals surface area contributed by atoms with Crippen molar-refractivity contribution in [2.75, 3.05) is 0 Å². The van der Waals surface area contributed by atoms with E-state index < -0.39 is 17.8 Å². The summed E-state index contributed by atoms with van der Waals surface area (Å²) in [5.74, 6) is -1.61. The Morgan fingerprint density at radius 3 is 2.27 bits per heavy atom. The van der Waals surface area contributed by atoms with Crippen LogP contribution in [0, 0.1) is 11.7 Å². The van der Waals surface area contributed by atoms with E-state index in [1.165, 1.54) is 0 Å². The number of carbonyl (C=O) groups excluding carboxylic acids is 1. The zero-order valence-corrected chi connectivity index (χ0v) is 8.43. The van der Waals surface area contributed by atoms with Gasteiger partial charge in [-0.15, -0.1) is 0 Å². The van der Waals surface area contributed by atoms with Gasteiger partial charge in [0.05, 0.1) is 5.56 Å². The predicted molar refractivity (Wildman–Crippen MR) is 50.5 cm³/mol. The summed E-state index contributed by atoms with van der Waals surface area (Å²) in [7, 11) is 0. The van der Waals surface area contributed by atoms with Crippen LogP contribution in [0.3, 0.4) is 0 Å². The molecule has 1 rings (SSSR count). The van der Waals surface area contributed by atoms with Gasteiger partial charge in [-0.05, 0) is 12.1 Å². The molecule has 0 bridgehead atoms. The lowest BCUT2D eigenvalue weighted by molar-refractivity contribution is 0.0934. The van der Waals surface area contributed by atoms with Crippen LogP contribution in [0.25, 0.3) is 0 Å². The summed E-state index contributed by atoms with van der Waals surface area (Å²) in [6.45, 7) is 3.26. The number of hydrogen-bond acceptors (Lipinski definition) is 1. The van der Waals surface area contributed by atoms with Crippen molar-refractivity contribution in [1.82, 2.24) is 0 Å². The number of hydrogen-bond donors (Lipinski definition) is 0. The van der Waals surface area contributed by atoms with E-state index in [1.54, 1.807) is 13.8 Å². The predicted octanol–water partition coefficient (Wildman–Crippen LogP) is 3.60. The molecule has 0 unspecified atom stereocenters. The molecule has 0 aliphatic heterocycles. The molecule has 15 heavy (non-hydrogen) atoms. The Morgan fingerprint density at radius 1 is 1.27 bits per heavy atom. The first-order valence-corrected chi connectivity index (χ1v) is 4.55. The van der Waals surface area contributed by atoms with Crippen molar-refractivity contribution in [2.24, 2.45) is 5.92 Å². The number of carbonyl (C=O) groups is 1. The Morgan fingerprint density at radius 2 is 1.87 bits per heavy atom. The van der Waals surface area contributed by atoms with Crippen LogP contribution in [-0.2, 0) is 0 Å². The van der Waals surface area contributed by atoms with E-state index in [0.29, 0.717) is 6.07 Å². The summed E-state index contributed by atoms with van der Waals surface area (Å²) in [6, 6.07) is 2.89. The van der Waals surface area contributed by atoms with Crippen molar-refractivity contribution in [1.29, 1.82) is 0 Å². The second-order valence-corrected chi connectivity index (χ2v) is 3.56. The van der Waals surface area contributed by atoms with Crippen LogP contribution >= 0.6 is 0 Å². The second kappa shape index (κ2) is 4.47. The highest BCUT2D eigenvalue weighted by Crippen LogP contribution is 2.22. The van der Waals surface area contributed by atoms with Crippen LogP contribution in [0.15, 0.2) is 18.2 Å². The van der Waals surface area contributed by atoms with Gasteiger partial charge in [-0.25, -0.2) is 13.2 Å². The molecular formula is C11H11F3O. The average molecular weight is 216 g/mol. The first-order chi connectivity index (χ1) is 6.93. The van der Waals surface area contributed by atoms with Gasteiger partial charge in [0.1, 0.15) is 5.82 Å². The Bertz CT molecular complexity index is 372. The van der Waals surface area contributed by atoms with Crippen molar-refractivity contribution in [2.45, 2.75) is 20.3 Å². The first kappa shape index (κ1) is 11.8. The second-order valence-electron chi connectivity index (χ2n) is 3.56. The summed E-state index contributed by atoms with van der Waals surface area (Å²) in [5, 5.41) is 0. The van der Waals surface area contributed by atoms with Crippen molar-refractivity contribution in [3.63, 3.8) is 0 Å². The molecule has 0 aliphatic carbocycles. The Hall–Kier alpha value is -1.32. The molecule has 0 saturated carbocycles. The number of halogens is 3. The van der Waals surface area contributed by atoms with E-state index in [2.05, 4.69) is 0 Å². The van der Waals surface area contributed by atoms with E-state index in [-0.39, 0.29) is 17.3 Å². The number of alkyl halides is 2. The van der Waals surface area contributed by atoms with Crippen LogP contribution in [0.4, 0.5) is 13.2 Å². The van der Waals surface area contributed by atoms with Gasteiger partial charge in [-0.3, -0.25) is 4.79 Å². The minimum Gasteiger partial charge on any atom is -0.294 e. The van der Waals surface area contributed by atoms with Crippen LogP contribution in [0.5, 0.6) is 0 Å². The summed E-state index contributed by atoms with van der Waals surface area (Å²) >= 11 is 0. The van der Waals surface area contributed by atoms with Crippen LogP contribution in [-0.4, -0.2) is 5.78 Å². The van der Waals surface area contributed by atoms with E-state index in [4.69, 9.17) is 0 Å². The van der Waals surface area contributed by atoms with Crippen molar-refractivity contribution in [3.05, 3.63) is 35.1 Å². The van der Waals surface area contributed by atoms with Crippen LogP contribution in [0.2, 0.25) is 0 Å². The lowest BCUT2D eigenvalue weighted by atomic mass is 9.99. The van der Waals surface area contributed by atoms with Crippen molar-refractivity contribution < 1.29 is 18.0 Å². The molecule has 82 valence electrons. The third kappa shape index (κ3) is 2.58. The maximum Gasteiger partial charge on any atom is 0.263 e. The largest absolute Gasteiger partial charge is 0.294 e. The number of ketones is 1. The molecule has 1 aromatic carbocycles. The molecule has 0 radical (unpaired) electrons.